The minimum atomic E-state index is 0.151. The highest BCUT2D eigenvalue weighted by molar-refractivity contribution is 6.20. The molecule has 0 N–H and O–H groups in total. The van der Waals surface area contributed by atoms with E-state index in [2.05, 4.69) is 39.0 Å². The molecule has 2 rings (SSSR count). The maximum absolute atomic E-state index is 6.56. The minimum absolute atomic E-state index is 0.151. The zero-order valence-corrected chi connectivity index (χ0v) is 12.3. The summed E-state index contributed by atoms with van der Waals surface area (Å²) in [7, 11) is 0. The van der Waals surface area contributed by atoms with Gasteiger partial charge in [-0.1, -0.05) is 23.8 Å². The van der Waals surface area contributed by atoms with Crippen molar-refractivity contribution >= 4 is 11.6 Å². The molecule has 2 heteroatoms. The van der Waals surface area contributed by atoms with Crippen LogP contribution in [0.15, 0.2) is 18.2 Å². The molecule has 0 amide bonds. The van der Waals surface area contributed by atoms with Crippen LogP contribution >= 0.6 is 11.6 Å². The van der Waals surface area contributed by atoms with Gasteiger partial charge in [-0.3, -0.25) is 0 Å². The van der Waals surface area contributed by atoms with Gasteiger partial charge in [-0.15, -0.1) is 11.6 Å². The van der Waals surface area contributed by atoms with E-state index in [1.807, 2.05) is 0 Å². The number of alkyl halides is 1. The summed E-state index contributed by atoms with van der Waals surface area (Å²) in [5.74, 6) is 0.741. The Morgan fingerprint density at radius 1 is 1.33 bits per heavy atom. The van der Waals surface area contributed by atoms with Crippen LogP contribution in [0.5, 0.6) is 0 Å². The number of hydrogen-bond acceptors (Lipinski definition) is 1. The van der Waals surface area contributed by atoms with Crippen LogP contribution in [0.3, 0.4) is 0 Å². The van der Waals surface area contributed by atoms with E-state index in [0.717, 1.165) is 18.9 Å². The average Bonchev–Trinajstić information content (AvgIpc) is 2.26. The molecule has 1 nitrogen and oxygen atoms in total. The predicted molar refractivity (Wildman–Crippen MR) is 77.3 cm³/mol. The third-order valence-corrected chi connectivity index (χ3v) is 4.31. The van der Waals surface area contributed by atoms with Gasteiger partial charge in [0.15, 0.2) is 0 Å². The van der Waals surface area contributed by atoms with Crippen LogP contribution in [0.1, 0.15) is 48.3 Å². The Morgan fingerprint density at radius 3 is 2.67 bits per heavy atom. The fourth-order valence-electron chi connectivity index (χ4n) is 2.84. The Balaban J connectivity index is 1.87. The van der Waals surface area contributed by atoms with Gasteiger partial charge in [-0.2, -0.15) is 0 Å². The van der Waals surface area contributed by atoms with Crippen molar-refractivity contribution < 1.29 is 4.74 Å². The van der Waals surface area contributed by atoms with Crippen LogP contribution in [0, 0.1) is 19.8 Å². The highest BCUT2D eigenvalue weighted by Gasteiger charge is 2.31. The first-order chi connectivity index (χ1) is 8.60. The van der Waals surface area contributed by atoms with Crippen LogP contribution in [0.25, 0.3) is 0 Å². The number of ether oxygens (including phenoxy) is 1. The summed E-state index contributed by atoms with van der Waals surface area (Å²) in [6.07, 6.45) is 3.93. The first kappa shape index (κ1) is 13.9. The van der Waals surface area contributed by atoms with Gasteiger partial charge in [-0.25, -0.2) is 0 Å². The second-order valence-corrected chi connectivity index (χ2v) is 6.00. The zero-order chi connectivity index (χ0) is 13.1. The maximum atomic E-state index is 6.56. The molecule has 1 atom stereocenters. The minimum Gasteiger partial charge on any atom is -0.378 e. The molecule has 1 unspecified atom stereocenters. The largest absolute Gasteiger partial charge is 0.378 e. The predicted octanol–water partition coefficient (Wildman–Crippen LogP) is 4.79. The van der Waals surface area contributed by atoms with Crippen LogP contribution in [-0.4, -0.2) is 12.7 Å². The van der Waals surface area contributed by atoms with Gasteiger partial charge in [-0.05, 0) is 57.1 Å². The summed E-state index contributed by atoms with van der Waals surface area (Å²) in [6, 6.07) is 6.55. The van der Waals surface area contributed by atoms with Crippen molar-refractivity contribution in [1.82, 2.24) is 0 Å². The van der Waals surface area contributed by atoms with Gasteiger partial charge >= 0.3 is 0 Å². The van der Waals surface area contributed by atoms with Gasteiger partial charge in [0.1, 0.15) is 0 Å². The number of benzene rings is 1. The molecule has 1 aromatic carbocycles. The van der Waals surface area contributed by atoms with Gasteiger partial charge in [0.2, 0.25) is 0 Å². The lowest BCUT2D eigenvalue weighted by atomic mass is 9.78. The molecule has 0 heterocycles. The molecule has 100 valence electrons. The van der Waals surface area contributed by atoms with E-state index in [-0.39, 0.29) is 5.38 Å². The first-order valence-electron chi connectivity index (χ1n) is 6.93. The summed E-state index contributed by atoms with van der Waals surface area (Å²) in [4.78, 5) is 0. The Kier molecular flexibility index (Phi) is 4.69. The second kappa shape index (κ2) is 6.08. The lowest BCUT2D eigenvalue weighted by Gasteiger charge is -2.36. The topological polar surface area (TPSA) is 9.23 Å². The summed E-state index contributed by atoms with van der Waals surface area (Å²) in [6.45, 7) is 7.17. The standard InChI is InChI=1S/C16H23ClO/c1-4-18-14-8-13(9-14)10-16(17)15-6-5-11(2)7-12(15)3/h5-7,13-14,16H,4,8-10H2,1-3H3. The molecule has 1 aromatic rings. The Labute approximate surface area is 115 Å². The van der Waals surface area contributed by atoms with E-state index in [1.165, 1.54) is 29.5 Å². The molecular formula is C16H23ClO. The highest BCUT2D eigenvalue weighted by atomic mass is 35.5. The lowest BCUT2D eigenvalue weighted by molar-refractivity contribution is -0.0267. The van der Waals surface area contributed by atoms with Crippen molar-refractivity contribution in [3.63, 3.8) is 0 Å². The van der Waals surface area contributed by atoms with Crippen LogP contribution in [-0.2, 0) is 4.74 Å². The van der Waals surface area contributed by atoms with Crippen molar-refractivity contribution in [2.75, 3.05) is 6.61 Å². The number of rotatable bonds is 5. The molecule has 0 saturated heterocycles. The van der Waals surface area contributed by atoms with Crippen LogP contribution in [0.2, 0.25) is 0 Å². The van der Waals surface area contributed by atoms with Crippen molar-refractivity contribution in [3.8, 4) is 0 Å². The highest BCUT2D eigenvalue weighted by Crippen LogP contribution is 2.40. The van der Waals surface area contributed by atoms with E-state index in [1.54, 1.807) is 0 Å². The summed E-state index contributed by atoms with van der Waals surface area (Å²) in [5.41, 5.74) is 3.91. The van der Waals surface area contributed by atoms with Crippen molar-refractivity contribution in [2.24, 2.45) is 5.92 Å². The summed E-state index contributed by atoms with van der Waals surface area (Å²) >= 11 is 6.56. The Morgan fingerprint density at radius 2 is 2.06 bits per heavy atom. The molecule has 0 spiro atoms. The molecule has 0 aliphatic heterocycles. The van der Waals surface area contributed by atoms with E-state index in [9.17, 15) is 0 Å². The number of halogens is 1. The third-order valence-electron chi connectivity index (χ3n) is 3.90. The van der Waals surface area contributed by atoms with Gasteiger partial charge in [0, 0.05) is 6.61 Å². The second-order valence-electron chi connectivity index (χ2n) is 5.48. The fourth-order valence-corrected chi connectivity index (χ4v) is 3.33. The SMILES string of the molecule is CCOC1CC(CC(Cl)c2ccc(C)cc2C)C1. The first-order valence-corrected chi connectivity index (χ1v) is 7.36. The van der Waals surface area contributed by atoms with Crippen LogP contribution < -0.4 is 0 Å². The van der Waals surface area contributed by atoms with Gasteiger partial charge < -0.3 is 4.74 Å². The van der Waals surface area contributed by atoms with E-state index in [0.29, 0.717) is 6.10 Å². The van der Waals surface area contributed by atoms with Gasteiger partial charge in [0.25, 0.3) is 0 Å². The molecule has 0 aromatic heterocycles. The molecule has 0 radical (unpaired) electrons. The summed E-state index contributed by atoms with van der Waals surface area (Å²) in [5, 5.41) is 0.151. The van der Waals surface area contributed by atoms with Crippen molar-refractivity contribution in [2.45, 2.75) is 51.5 Å². The Hall–Kier alpha value is -0.530. The molecule has 1 fully saturated rings. The monoisotopic (exact) mass is 266 g/mol. The third kappa shape index (κ3) is 3.27. The van der Waals surface area contributed by atoms with E-state index < -0.39 is 0 Å². The Bertz CT molecular complexity index is 396. The van der Waals surface area contributed by atoms with Crippen molar-refractivity contribution in [3.05, 3.63) is 34.9 Å². The van der Waals surface area contributed by atoms with E-state index in [4.69, 9.17) is 16.3 Å². The smallest absolute Gasteiger partial charge is 0.0590 e. The summed E-state index contributed by atoms with van der Waals surface area (Å²) < 4.78 is 5.59. The maximum Gasteiger partial charge on any atom is 0.0590 e. The van der Waals surface area contributed by atoms with Gasteiger partial charge in [0.05, 0.1) is 11.5 Å². The zero-order valence-electron chi connectivity index (χ0n) is 11.6. The molecule has 0 bridgehead atoms. The fraction of sp³-hybridized carbons (Fsp3) is 0.625. The lowest BCUT2D eigenvalue weighted by Crippen LogP contribution is -2.31. The quantitative estimate of drug-likeness (QED) is 0.697. The molecule has 1 saturated carbocycles. The normalized spacial score (nSPS) is 24.7. The number of hydrogen-bond donors (Lipinski definition) is 0. The molecular weight excluding hydrogens is 244 g/mol. The molecule has 1 aliphatic carbocycles. The average molecular weight is 267 g/mol. The van der Waals surface area contributed by atoms with Crippen molar-refractivity contribution in [1.29, 1.82) is 0 Å². The number of aryl methyl sites for hydroxylation is 2. The molecule has 1 aliphatic rings. The van der Waals surface area contributed by atoms with Crippen LogP contribution in [0.4, 0.5) is 0 Å². The van der Waals surface area contributed by atoms with E-state index >= 15 is 0 Å². The molecule has 18 heavy (non-hydrogen) atoms.